The molecular weight excluding hydrogens is 514 g/mol. The minimum absolute atomic E-state index is 0.144. The molecule has 0 aliphatic heterocycles. The van der Waals surface area contributed by atoms with Gasteiger partial charge in [-0.2, -0.15) is 0 Å². The largest absolute Gasteiger partial charge is 0.549 e. The van der Waals surface area contributed by atoms with Gasteiger partial charge in [-0.25, -0.2) is 0 Å². The number of carbonyl (C=O) groups is 5. The van der Waals surface area contributed by atoms with Crippen LogP contribution in [0.4, 0.5) is 0 Å². The van der Waals surface area contributed by atoms with Crippen LogP contribution in [0.2, 0.25) is 0 Å². The maximum absolute atomic E-state index is 12.2. The van der Waals surface area contributed by atoms with Gasteiger partial charge in [0.15, 0.2) is 0 Å². The van der Waals surface area contributed by atoms with Crippen LogP contribution in [0.3, 0.4) is 0 Å². The molecule has 0 aliphatic rings. The predicted molar refractivity (Wildman–Crippen MR) is 129 cm³/mol. The van der Waals surface area contributed by atoms with E-state index in [-0.39, 0.29) is 26.2 Å². The molecule has 0 spiro atoms. The molecule has 6 atom stereocenters. The molecule has 39 heavy (non-hydrogen) atoms. The van der Waals surface area contributed by atoms with E-state index < -0.39 is 78.8 Å². The summed E-state index contributed by atoms with van der Waals surface area (Å²) in [5, 5.41) is 58.8. The van der Waals surface area contributed by atoms with Gasteiger partial charge < -0.3 is 49.5 Å². The standard InChI is InChI=1S/C26H47N3O10/c1-7-16(4)21(24(34)35)27(10-12-28(14-19(30)31)22(25(36)37)17(5)8-2)11-13-29(15-20(32)33)23(26(38)39)18(6)9-3/h16-18,21-23H,7-15H2,1-6H3,(H,30,31)(H,32,33)(H,34,35)(H,36,37)(H,38,39)/p-5/t16-,17-,18-,21?,22?,23?/m0/s1. The van der Waals surface area contributed by atoms with E-state index in [0.29, 0.717) is 19.3 Å². The van der Waals surface area contributed by atoms with E-state index >= 15 is 0 Å². The van der Waals surface area contributed by atoms with Gasteiger partial charge in [0.25, 0.3) is 0 Å². The Hall–Kier alpha value is -2.77. The molecule has 0 saturated heterocycles. The lowest BCUT2D eigenvalue weighted by Gasteiger charge is -2.42. The summed E-state index contributed by atoms with van der Waals surface area (Å²) < 4.78 is 0. The molecular formula is C26H42N3O10-5. The second-order valence-electron chi connectivity index (χ2n) is 10.2. The van der Waals surface area contributed by atoms with Crippen molar-refractivity contribution in [2.45, 2.75) is 78.9 Å². The first kappa shape index (κ1) is 36.2. The third-order valence-corrected chi connectivity index (χ3v) is 7.47. The Morgan fingerprint density at radius 2 is 0.718 bits per heavy atom. The van der Waals surface area contributed by atoms with Gasteiger partial charge in [-0.05, 0) is 17.8 Å². The van der Waals surface area contributed by atoms with Crippen molar-refractivity contribution >= 4 is 29.8 Å². The van der Waals surface area contributed by atoms with Crippen molar-refractivity contribution in [2.24, 2.45) is 17.8 Å². The average Bonchev–Trinajstić information content (AvgIpc) is 2.83. The SMILES string of the molecule is CC[C@H](C)C(C(=O)[O-])N(CCN(CC(=O)[O-])C(C(=O)[O-])[C@@H](C)CC)CCN(CC(=O)[O-])C(C(=O)[O-])[C@@H](C)CC. The molecule has 13 heteroatoms. The number of hydrogen-bond acceptors (Lipinski definition) is 13. The van der Waals surface area contributed by atoms with Crippen LogP contribution in [0.15, 0.2) is 0 Å². The van der Waals surface area contributed by atoms with E-state index in [0.717, 1.165) is 9.80 Å². The van der Waals surface area contributed by atoms with Crippen LogP contribution in [0.5, 0.6) is 0 Å². The molecule has 0 heterocycles. The normalized spacial score (nSPS) is 16.4. The van der Waals surface area contributed by atoms with Gasteiger partial charge in [-0.15, -0.1) is 0 Å². The summed E-state index contributed by atoms with van der Waals surface area (Å²) in [6, 6.07) is -3.79. The van der Waals surface area contributed by atoms with Crippen LogP contribution >= 0.6 is 0 Å². The van der Waals surface area contributed by atoms with Crippen LogP contribution in [0.1, 0.15) is 60.8 Å². The van der Waals surface area contributed by atoms with Gasteiger partial charge in [-0.1, -0.05) is 60.8 Å². The van der Waals surface area contributed by atoms with Crippen LogP contribution in [0.25, 0.3) is 0 Å². The number of rotatable bonds is 22. The lowest BCUT2D eigenvalue weighted by atomic mass is 9.96. The molecule has 0 amide bonds. The van der Waals surface area contributed by atoms with Crippen molar-refractivity contribution in [1.82, 2.24) is 14.7 Å². The van der Waals surface area contributed by atoms with Crippen LogP contribution in [0, 0.1) is 17.8 Å². The molecule has 0 radical (unpaired) electrons. The summed E-state index contributed by atoms with van der Waals surface area (Å²) in [5.74, 6) is -8.91. The fourth-order valence-electron chi connectivity index (χ4n) is 4.76. The molecule has 0 aromatic heterocycles. The fraction of sp³-hybridized carbons (Fsp3) is 0.808. The minimum Gasteiger partial charge on any atom is -0.549 e. The Kier molecular flexibility index (Phi) is 16.5. The number of carbonyl (C=O) groups excluding carboxylic acids is 5. The summed E-state index contributed by atoms with van der Waals surface area (Å²) >= 11 is 0. The number of aliphatic carboxylic acids is 5. The zero-order valence-corrected chi connectivity index (χ0v) is 23.8. The monoisotopic (exact) mass is 556 g/mol. The van der Waals surface area contributed by atoms with E-state index in [1.54, 1.807) is 41.5 Å². The van der Waals surface area contributed by atoms with Crippen molar-refractivity contribution in [3.8, 4) is 0 Å². The lowest BCUT2D eigenvalue weighted by molar-refractivity contribution is -0.318. The third-order valence-electron chi connectivity index (χ3n) is 7.47. The minimum atomic E-state index is -1.53. The van der Waals surface area contributed by atoms with Gasteiger partial charge in [-0.3, -0.25) is 14.7 Å². The fourth-order valence-corrected chi connectivity index (χ4v) is 4.76. The molecule has 0 N–H and O–H groups in total. The Balaban J connectivity index is 6.32. The van der Waals surface area contributed by atoms with E-state index in [1.165, 1.54) is 4.90 Å². The van der Waals surface area contributed by atoms with Crippen LogP contribution < -0.4 is 25.5 Å². The first-order chi connectivity index (χ1) is 18.1. The van der Waals surface area contributed by atoms with Crippen molar-refractivity contribution in [3.05, 3.63) is 0 Å². The molecule has 3 unspecified atom stereocenters. The maximum Gasteiger partial charge on any atom is 0.0589 e. The highest BCUT2D eigenvalue weighted by Gasteiger charge is 2.31. The molecule has 0 bridgehead atoms. The first-order valence-corrected chi connectivity index (χ1v) is 13.4. The Morgan fingerprint density at radius 3 is 0.923 bits per heavy atom. The van der Waals surface area contributed by atoms with Crippen molar-refractivity contribution in [1.29, 1.82) is 0 Å². The molecule has 0 aromatic carbocycles. The average molecular weight is 557 g/mol. The van der Waals surface area contributed by atoms with Crippen molar-refractivity contribution in [3.63, 3.8) is 0 Å². The summed E-state index contributed by atoms with van der Waals surface area (Å²) in [7, 11) is 0. The number of carboxylic acids is 5. The van der Waals surface area contributed by atoms with Crippen LogP contribution in [-0.4, -0.2) is 102 Å². The molecule has 0 rings (SSSR count). The lowest BCUT2D eigenvalue weighted by Crippen LogP contribution is -2.60. The Bertz CT molecular complexity index is 772. The highest BCUT2D eigenvalue weighted by molar-refractivity contribution is 5.74. The Morgan fingerprint density at radius 1 is 0.487 bits per heavy atom. The molecule has 0 aromatic rings. The summed E-state index contributed by atoms with van der Waals surface area (Å²) in [5.41, 5.74) is 0. The number of carboxylic acid groups (broad SMARTS) is 5. The smallest absolute Gasteiger partial charge is 0.0589 e. The number of hydrogen-bond donors (Lipinski definition) is 0. The topological polar surface area (TPSA) is 210 Å². The predicted octanol–water partition coefficient (Wildman–Crippen LogP) is -5.11. The van der Waals surface area contributed by atoms with E-state index in [2.05, 4.69) is 0 Å². The van der Waals surface area contributed by atoms with Crippen molar-refractivity contribution in [2.75, 3.05) is 39.3 Å². The van der Waals surface area contributed by atoms with Gasteiger partial charge in [0.05, 0.1) is 48.0 Å². The van der Waals surface area contributed by atoms with Gasteiger partial charge in [0, 0.05) is 39.3 Å². The zero-order chi connectivity index (χ0) is 30.4. The summed E-state index contributed by atoms with van der Waals surface area (Å²) in [6.45, 7) is 7.95. The second kappa shape index (κ2) is 17.7. The third kappa shape index (κ3) is 11.9. The highest BCUT2D eigenvalue weighted by atomic mass is 16.4. The molecule has 0 saturated carbocycles. The van der Waals surface area contributed by atoms with Crippen LogP contribution in [-0.2, 0) is 24.0 Å². The Labute approximate surface area is 230 Å². The first-order valence-electron chi connectivity index (χ1n) is 13.4. The summed E-state index contributed by atoms with van der Waals surface area (Å²) in [6.07, 6.45) is 1.22. The maximum atomic E-state index is 12.2. The highest BCUT2D eigenvalue weighted by Crippen LogP contribution is 2.19. The van der Waals surface area contributed by atoms with Crippen molar-refractivity contribution < 1.29 is 49.5 Å². The molecule has 13 nitrogen and oxygen atoms in total. The van der Waals surface area contributed by atoms with Gasteiger partial charge in [0.1, 0.15) is 0 Å². The number of nitrogens with zero attached hydrogens (tertiary/aromatic N) is 3. The van der Waals surface area contributed by atoms with E-state index in [9.17, 15) is 49.5 Å². The van der Waals surface area contributed by atoms with E-state index in [4.69, 9.17) is 0 Å². The zero-order valence-electron chi connectivity index (χ0n) is 23.8. The summed E-state index contributed by atoms with van der Waals surface area (Å²) in [4.78, 5) is 62.5. The van der Waals surface area contributed by atoms with Gasteiger partial charge in [0.2, 0.25) is 0 Å². The molecule has 0 fully saturated rings. The van der Waals surface area contributed by atoms with E-state index in [1.807, 2.05) is 0 Å². The second-order valence-corrected chi connectivity index (χ2v) is 10.2. The quantitative estimate of drug-likeness (QED) is 0.122. The molecule has 226 valence electrons. The molecule has 0 aliphatic carbocycles. The van der Waals surface area contributed by atoms with Gasteiger partial charge >= 0.3 is 0 Å².